The lowest BCUT2D eigenvalue weighted by Crippen LogP contribution is -2.30. The van der Waals surface area contributed by atoms with Crippen molar-refractivity contribution in [1.82, 2.24) is 10.3 Å². The van der Waals surface area contributed by atoms with Crippen molar-refractivity contribution in [2.75, 3.05) is 6.54 Å². The maximum absolute atomic E-state index is 11.6. The Balaban J connectivity index is 2.45. The van der Waals surface area contributed by atoms with Gasteiger partial charge in [0.1, 0.15) is 0 Å². The third kappa shape index (κ3) is 3.56. The molecule has 7 heteroatoms. The number of nitrogens with zero attached hydrogens (tertiary/aromatic N) is 1. The third-order valence-corrected chi connectivity index (χ3v) is 2.10. The van der Waals surface area contributed by atoms with Crippen LogP contribution in [0.3, 0.4) is 0 Å². The van der Waals surface area contributed by atoms with E-state index in [0.29, 0.717) is 11.6 Å². The number of nitrogens with one attached hydrogen (secondary N) is 1. The van der Waals surface area contributed by atoms with E-state index >= 15 is 0 Å². The molecule has 0 saturated carbocycles. The number of aliphatic hydroxyl groups is 1. The Labute approximate surface area is 97.5 Å². The number of aromatic nitrogens is 1. The summed E-state index contributed by atoms with van der Waals surface area (Å²) in [6.07, 6.45) is -1.54. The quantitative estimate of drug-likeness (QED) is 0.662. The highest BCUT2D eigenvalue weighted by molar-refractivity contribution is 5.92. The summed E-state index contributed by atoms with van der Waals surface area (Å²) in [6.45, 7) is 3.31. The van der Waals surface area contributed by atoms with E-state index in [9.17, 15) is 9.59 Å². The average Bonchev–Trinajstić information content (AvgIpc) is 2.57. The molecule has 17 heavy (non-hydrogen) atoms. The minimum Gasteiger partial charge on any atom is -0.479 e. The van der Waals surface area contributed by atoms with Crippen LogP contribution in [-0.2, 0) is 4.79 Å². The Morgan fingerprint density at radius 3 is 2.59 bits per heavy atom. The SMILES string of the molecule is Cc1nc(C)c(C(=O)NCC[C@H](O)C(=O)O)o1. The molecule has 1 aromatic rings. The summed E-state index contributed by atoms with van der Waals surface area (Å²) < 4.78 is 5.08. The standard InChI is InChI=1S/C10H14N2O5/c1-5-8(17-6(2)12-5)9(14)11-4-3-7(13)10(15)16/h7,13H,3-4H2,1-2H3,(H,11,14)(H,15,16)/t7-/m0/s1. The largest absolute Gasteiger partial charge is 0.479 e. The first kappa shape index (κ1) is 13.2. The van der Waals surface area contributed by atoms with Crippen LogP contribution in [0.4, 0.5) is 0 Å². The lowest BCUT2D eigenvalue weighted by atomic mass is 10.2. The fourth-order valence-corrected chi connectivity index (χ4v) is 1.27. The number of rotatable bonds is 5. The van der Waals surface area contributed by atoms with Crippen molar-refractivity contribution in [2.24, 2.45) is 0 Å². The summed E-state index contributed by atoms with van der Waals surface area (Å²) in [5.74, 6) is -1.29. The van der Waals surface area contributed by atoms with Gasteiger partial charge in [-0.15, -0.1) is 0 Å². The zero-order chi connectivity index (χ0) is 13.0. The maximum Gasteiger partial charge on any atom is 0.332 e. The van der Waals surface area contributed by atoms with Gasteiger partial charge in [0, 0.05) is 19.9 Å². The van der Waals surface area contributed by atoms with E-state index in [4.69, 9.17) is 14.6 Å². The molecular weight excluding hydrogens is 228 g/mol. The Bertz CT molecular complexity index is 426. The zero-order valence-electron chi connectivity index (χ0n) is 9.56. The predicted molar refractivity (Wildman–Crippen MR) is 56.6 cm³/mol. The topological polar surface area (TPSA) is 113 Å². The first-order chi connectivity index (χ1) is 7.91. The summed E-state index contributed by atoms with van der Waals surface area (Å²) in [5, 5.41) is 19.8. The van der Waals surface area contributed by atoms with Crippen molar-refractivity contribution < 1.29 is 24.2 Å². The van der Waals surface area contributed by atoms with Gasteiger partial charge in [-0.1, -0.05) is 0 Å². The van der Waals surface area contributed by atoms with E-state index in [1.54, 1.807) is 13.8 Å². The number of hydrogen-bond acceptors (Lipinski definition) is 5. The molecule has 3 N–H and O–H groups in total. The van der Waals surface area contributed by atoms with Crippen LogP contribution >= 0.6 is 0 Å². The minimum absolute atomic E-state index is 0.0471. The van der Waals surface area contributed by atoms with Crippen LogP contribution in [0.25, 0.3) is 0 Å². The average molecular weight is 242 g/mol. The summed E-state index contributed by atoms with van der Waals surface area (Å²) in [5.41, 5.74) is 0.471. The smallest absolute Gasteiger partial charge is 0.332 e. The Hall–Kier alpha value is -1.89. The fourth-order valence-electron chi connectivity index (χ4n) is 1.27. The van der Waals surface area contributed by atoms with Gasteiger partial charge >= 0.3 is 5.97 Å². The molecule has 0 aliphatic rings. The lowest BCUT2D eigenvalue weighted by molar-refractivity contribution is -0.146. The molecule has 0 fully saturated rings. The fraction of sp³-hybridized carbons (Fsp3) is 0.500. The Morgan fingerprint density at radius 2 is 2.12 bits per heavy atom. The molecule has 94 valence electrons. The number of hydrogen-bond donors (Lipinski definition) is 3. The molecule has 0 bridgehead atoms. The number of aryl methyl sites for hydroxylation is 2. The molecule has 0 saturated heterocycles. The van der Waals surface area contributed by atoms with Gasteiger partial charge in [-0.05, 0) is 6.92 Å². The van der Waals surface area contributed by atoms with Crippen LogP contribution in [0.1, 0.15) is 28.6 Å². The Kier molecular flexibility index (Phi) is 4.22. The van der Waals surface area contributed by atoms with E-state index in [1.807, 2.05) is 0 Å². The van der Waals surface area contributed by atoms with Gasteiger partial charge in [-0.2, -0.15) is 0 Å². The molecule has 7 nitrogen and oxygen atoms in total. The summed E-state index contributed by atoms with van der Waals surface area (Å²) in [4.78, 5) is 25.8. The summed E-state index contributed by atoms with van der Waals surface area (Å²) >= 11 is 0. The predicted octanol–water partition coefficient (Wildman–Crippen LogP) is -0.143. The molecule has 0 radical (unpaired) electrons. The maximum atomic E-state index is 11.6. The van der Waals surface area contributed by atoms with Gasteiger partial charge in [0.25, 0.3) is 5.91 Å². The van der Waals surface area contributed by atoms with Crippen molar-refractivity contribution in [2.45, 2.75) is 26.4 Å². The third-order valence-electron chi connectivity index (χ3n) is 2.10. The molecule has 1 aromatic heterocycles. The van der Waals surface area contributed by atoms with Crippen LogP contribution in [0, 0.1) is 13.8 Å². The number of aliphatic hydroxyl groups excluding tert-OH is 1. The molecule has 0 aliphatic heterocycles. The van der Waals surface area contributed by atoms with Gasteiger partial charge in [0.15, 0.2) is 12.0 Å². The highest BCUT2D eigenvalue weighted by atomic mass is 16.4. The van der Waals surface area contributed by atoms with E-state index in [-0.39, 0.29) is 18.7 Å². The number of carboxylic acid groups (broad SMARTS) is 1. The molecule has 0 aromatic carbocycles. The van der Waals surface area contributed by atoms with Crippen molar-refractivity contribution in [3.63, 3.8) is 0 Å². The highest BCUT2D eigenvalue weighted by Crippen LogP contribution is 2.08. The first-order valence-corrected chi connectivity index (χ1v) is 5.05. The molecular formula is C10H14N2O5. The van der Waals surface area contributed by atoms with Gasteiger partial charge < -0.3 is 19.9 Å². The minimum atomic E-state index is -1.48. The van der Waals surface area contributed by atoms with E-state index in [1.165, 1.54) is 0 Å². The second kappa shape index (κ2) is 5.44. The second-order valence-electron chi connectivity index (χ2n) is 3.55. The number of aliphatic carboxylic acids is 1. The molecule has 0 aliphatic carbocycles. The molecule has 1 atom stereocenters. The van der Waals surface area contributed by atoms with Crippen molar-refractivity contribution in [3.05, 3.63) is 17.3 Å². The molecule has 0 unspecified atom stereocenters. The molecule has 1 amide bonds. The van der Waals surface area contributed by atoms with Gasteiger partial charge in [0.2, 0.25) is 5.76 Å². The van der Waals surface area contributed by atoms with Crippen molar-refractivity contribution >= 4 is 11.9 Å². The van der Waals surface area contributed by atoms with Crippen LogP contribution in [0.5, 0.6) is 0 Å². The normalized spacial score (nSPS) is 12.2. The van der Waals surface area contributed by atoms with E-state index < -0.39 is 18.0 Å². The summed E-state index contributed by atoms with van der Waals surface area (Å²) in [7, 11) is 0. The van der Waals surface area contributed by atoms with Crippen molar-refractivity contribution in [3.8, 4) is 0 Å². The van der Waals surface area contributed by atoms with Crippen LogP contribution in [0.2, 0.25) is 0 Å². The first-order valence-electron chi connectivity index (χ1n) is 5.05. The Morgan fingerprint density at radius 1 is 1.47 bits per heavy atom. The number of amides is 1. The highest BCUT2D eigenvalue weighted by Gasteiger charge is 2.17. The van der Waals surface area contributed by atoms with Crippen LogP contribution in [0.15, 0.2) is 4.42 Å². The number of carbonyl (C=O) groups excluding carboxylic acids is 1. The van der Waals surface area contributed by atoms with Crippen LogP contribution in [-0.4, -0.2) is 39.7 Å². The number of carbonyl (C=O) groups is 2. The van der Waals surface area contributed by atoms with Crippen molar-refractivity contribution in [1.29, 1.82) is 0 Å². The van der Waals surface area contributed by atoms with E-state index in [0.717, 1.165) is 0 Å². The zero-order valence-corrected chi connectivity index (χ0v) is 9.56. The molecule has 0 spiro atoms. The lowest BCUT2D eigenvalue weighted by Gasteiger charge is -2.06. The van der Waals surface area contributed by atoms with E-state index in [2.05, 4.69) is 10.3 Å². The van der Waals surface area contributed by atoms with Gasteiger partial charge in [0.05, 0.1) is 5.69 Å². The van der Waals surface area contributed by atoms with Crippen LogP contribution < -0.4 is 5.32 Å². The molecule has 1 heterocycles. The second-order valence-corrected chi connectivity index (χ2v) is 3.55. The van der Waals surface area contributed by atoms with Gasteiger partial charge in [-0.25, -0.2) is 9.78 Å². The van der Waals surface area contributed by atoms with Gasteiger partial charge in [-0.3, -0.25) is 4.79 Å². The number of carboxylic acids is 1. The summed E-state index contributed by atoms with van der Waals surface area (Å²) in [6, 6.07) is 0. The molecule has 1 rings (SSSR count). The monoisotopic (exact) mass is 242 g/mol. The number of oxazole rings is 1.